The van der Waals surface area contributed by atoms with E-state index in [9.17, 15) is 22.4 Å². The predicted molar refractivity (Wildman–Crippen MR) is 101 cm³/mol. The van der Waals surface area contributed by atoms with Crippen molar-refractivity contribution < 1.29 is 27.1 Å². The Labute approximate surface area is 168 Å². The average Bonchev–Trinajstić information content (AvgIpc) is 2.67. The molecule has 0 aliphatic carbocycles. The van der Waals surface area contributed by atoms with Crippen molar-refractivity contribution in [2.24, 2.45) is 0 Å². The highest BCUT2D eigenvalue weighted by Crippen LogP contribution is 2.34. The molecular formula is C20H13ClF4N2O2. The minimum atomic E-state index is -4.64. The maximum Gasteiger partial charge on any atom is 0.416 e. The third-order valence-electron chi connectivity index (χ3n) is 3.97. The number of amides is 1. The zero-order chi connectivity index (χ0) is 21.2. The third-order valence-corrected chi connectivity index (χ3v) is 4.28. The highest BCUT2D eigenvalue weighted by atomic mass is 35.5. The number of carbonyl (C=O) groups is 1. The van der Waals surface area contributed by atoms with Crippen molar-refractivity contribution >= 4 is 23.2 Å². The topological polar surface area (TPSA) is 51.2 Å². The van der Waals surface area contributed by atoms with Crippen LogP contribution < -0.4 is 10.1 Å². The maximum absolute atomic E-state index is 14.5. The molecule has 0 fully saturated rings. The van der Waals surface area contributed by atoms with Gasteiger partial charge in [0.05, 0.1) is 29.0 Å². The number of hydrogen-bond acceptors (Lipinski definition) is 3. The number of carbonyl (C=O) groups excluding carboxylic acids is 1. The monoisotopic (exact) mass is 424 g/mol. The van der Waals surface area contributed by atoms with Crippen LogP contribution in [0.15, 0.2) is 54.7 Å². The highest BCUT2D eigenvalue weighted by Gasteiger charge is 2.31. The summed E-state index contributed by atoms with van der Waals surface area (Å²) in [6.07, 6.45) is -3.15. The molecule has 3 aromatic rings. The van der Waals surface area contributed by atoms with Crippen molar-refractivity contribution in [3.8, 4) is 17.0 Å². The number of aromatic nitrogens is 1. The number of benzene rings is 2. The molecule has 1 aromatic heterocycles. The first-order chi connectivity index (χ1) is 13.7. The van der Waals surface area contributed by atoms with E-state index in [-0.39, 0.29) is 17.0 Å². The Balaban J connectivity index is 1.89. The van der Waals surface area contributed by atoms with Crippen LogP contribution in [0, 0.1) is 5.82 Å². The SMILES string of the molecule is COc1cc(NC(=O)c2ccc(-c3ncccc3Cl)cc2F)cc(C(F)(F)F)c1. The normalized spacial score (nSPS) is 11.2. The summed E-state index contributed by atoms with van der Waals surface area (Å²) in [5.41, 5.74) is -0.851. The van der Waals surface area contributed by atoms with E-state index >= 15 is 0 Å². The second-order valence-corrected chi connectivity index (χ2v) is 6.34. The number of ether oxygens (including phenoxy) is 1. The summed E-state index contributed by atoms with van der Waals surface area (Å²) < 4.78 is 58.3. The third kappa shape index (κ3) is 4.65. The Morgan fingerprint density at radius 3 is 2.52 bits per heavy atom. The molecule has 0 saturated carbocycles. The van der Waals surface area contributed by atoms with Crippen LogP contribution in [-0.2, 0) is 6.18 Å². The van der Waals surface area contributed by atoms with E-state index in [0.717, 1.165) is 18.2 Å². The molecule has 0 bridgehead atoms. The number of anilines is 1. The van der Waals surface area contributed by atoms with E-state index in [0.29, 0.717) is 16.3 Å². The molecule has 0 atom stereocenters. The lowest BCUT2D eigenvalue weighted by atomic mass is 10.1. The number of halogens is 5. The minimum absolute atomic E-state index is 0.101. The highest BCUT2D eigenvalue weighted by molar-refractivity contribution is 6.33. The molecule has 1 N–H and O–H groups in total. The van der Waals surface area contributed by atoms with Crippen LogP contribution in [0.5, 0.6) is 5.75 Å². The molecule has 9 heteroatoms. The second-order valence-electron chi connectivity index (χ2n) is 5.93. The van der Waals surface area contributed by atoms with Gasteiger partial charge in [0.1, 0.15) is 11.6 Å². The van der Waals surface area contributed by atoms with Gasteiger partial charge in [-0.1, -0.05) is 17.7 Å². The molecule has 1 amide bonds. The summed E-state index contributed by atoms with van der Waals surface area (Å²) in [7, 11) is 1.20. The van der Waals surface area contributed by atoms with Gasteiger partial charge in [0.15, 0.2) is 0 Å². The smallest absolute Gasteiger partial charge is 0.416 e. The van der Waals surface area contributed by atoms with Crippen LogP contribution in [0.1, 0.15) is 15.9 Å². The van der Waals surface area contributed by atoms with Crippen molar-refractivity contribution in [1.29, 1.82) is 0 Å². The number of methoxy groups -OCH3 is 1. The fourth-order valence-electron chi connectivity index (χ4n) is 2.60. The van der Waals surface area contributed by atoms with Crippen molar-refractivity contribution in [2.75, 3.05) is 12.4 Å². The van der Waals surface area contributed by atoms with Crippen molar-refractivity contribution in [3.63, 3.8) is 0 Å². The molecule has 4 nitrogen and oxygen atoms in total. The summed E-state index contributed by atoms with van der Waals surface area (Å²) >= 11 is 6.03. The van der Waals surface area contributed by atoms with Gasteiger partial charge in [-0.15, -0.1) is 0 Å². The van der Waals surface area contributed by atoms with Gasteiger partial charge in [0.2, 0.25) is 0 Å². The lowest BCUT2D eigenvalue weighted by Crippen LogP contribution is -2.15. The van der Waals surface area contributed by atoms with Gasteiger partial charge < -0.3 is 10.1 Å². The van der Waals surface area contributed by atoms with E-state index in [1.165, 1.54) is 31.5 Å². The molecule has 150 valence electrons. The number of pyridine rings is 1. The fraction of sp³-hybridized carbons (Fsp3) is 0.100. The molecule has 1 heterocycles. The van der Waals surface area contributed by atoms with E-state index < -0.39 is 23.5 Å². The second kappa shape index (κ2) is 8.08. The van der Waals surface area contributed by atoms with Crippen LogP contribution in [-0.4, -0.2) is 18.0 Å². The number of nitrogens with one attached hydrogen (secondary N) is 1. The van der Waals surface area contributed by atoms with Crippen molar-refractivity contribution in [2.45, 2.75) is 6.18 Å². The summed E-state index contributed by atoms with van der Waals surface area (Å²) in [5.74, 6) is -1.89. The first-order valence-electron chi connectivity index (χ1n) is 8.17. The molecule has 0 aliphatic heterocycles. The lowest BCUT2D eigenvalue weighted by Gasteiger charge is -2.13. The molecule has 0 aliphatic rings. The van der Waals surface area contributed by atoms with E-state index in [2.05, 4.69) is 10.3 Å². The van der Waals surface area contributed by atoms with Crippen LogP contribution in [0.2, 0.25) is 5.02 Å². The zero-order valence-corrected chi connectivity index (χ0v) is 15.6. The Bertz CT molecular complexity index is 1070. The van der Waals surface area contributed by atoms with Crippen LogP contribution >= 0.6 is 11.6 Å². The Hall–Kier alpha value is -3.13. The van der Waals surface area contributed by atoms with Crippen molar-refractivity contribution in [3.05, 3.63) is 76.7 Å². The molecule has 0 unspecified atom stereocenters. The molecule has 2 aromatic carbocycles. The summed E-state index contributed by atoms with van der Waals surface area (Å²) in [4.78, 5) is 16.5. The van der Waals surface area contributed by atoms with Gasteiger partial charge in [-0.2, -0.15) is 13.2 Å². The van der Waals surface area contributed by atoms with Gasteiger partial charge in [-0.3, -0.25) is 9.78 Å². The van der Waals surface area contributed by atoms with Crippen molar-refractivity contribution in [1.82, 2.24) is 4.98 Å². The van der Waals surface area contributed by atoms with Crippen LogP contribution in [0.3, 0.4) is 0 Å². The van der Waals surface area contributed by atoms with Gasteiger partial charge in [0, 0.05) is 23.5 Å². The molecule has 0 saturated heterocycles. The number of rotatable bonds is 4. The molecule has 0 radical (unpaired) electrons. The first-order valence-corrected chi connectivity index (χ1v) is 8.55. The molecule has 3 rings (SSSR count). The lowest BCUT2D eigenvalue weighted by molar-refractivity contribution is -0.137. The number of nitrogens with zero attached hydrogens (tertiary/aromatic N) is 1. The first kappa shape index (κ1) is 20.6. The Morgan fingerprint density at radius 2 is 1.90 bits per heavy atom. The largest absolute Gasteiger partial charge is 0.497 e. The predicted octanol–water partition coefficient (Wildman–Crippen LogP) is 5.82. The molecular weight excluding hydrogens is 412 g/mol. The average molecular weight is 425 g/mol. The fourth-order valence-corrected chi connectivity index (χ4v) is 2.83. The maximum atomic E-state index is 14.5. The minimum Gasteiger partial charge on any atom is -0.497 e. The summed E-state index contributed by atoms with van der Waals surface area (Å²) in [6.45, 7) is 0. The van der Waals surface area contributed by atoms with E-state index in [1.54, 1.807) is 12.1 Å². The van der Waals surface area contributed by atoms with E-state index in [1.807, 2.05) is 0 Å². The van der Waals surface area contributed by atoms with Gasteiger partial charge in [-0.05, 0) is 36.4 Å². The Kier molecular flexibility index (Phi) is 5.74. The van der Waals surface area contributed by atoms with Gasteiger partial charge in [0.25, 0.3) is 5.91 Å². The Morgan fingerprint density at radius 1 is 1.14 bits per heavy atom. The van der Waals surface area contributed by atoms with Crippen LogP contribution in [0.25, 0.3) is 11.3 Å². The number of alkyl halides is 3. The zero-order valence-electron chi connectivity index (χ0n) is 14.8. The van der Waals surface area contributed by atoms with E-state index in [4.69, 9.17) is 16.3 Å². The molecule has 29 heavy (non-hydrogen) atoms. The standard InChI is InChI=1S/C20H13ClF4N2O2/c1-29-14-9-12(20(23,24)25)8-13(10-14)27-19(28)15-5-4-11(7-17(15)22)18-16(21)3-2-6-26-18/h2-10H,1H3,(H,27,28). The van der Waals surface area contributed by atoms with Gasteiger partial charge in [-0.25, -0.2) is 4.39 Å². The quantitative estimate of drug-likeness (QED) is 0.537. The van der Waals surface area contributed by atoms with Crippen LogP contribution in [0.4, 0.5) is 23.2 Å². The summed E-state index contributed by atoms with van der Waals surface area (Å²) in [5, 5.41) is 2.56. The van der Waals surface area contributed by atoms with Gasteiger partial charge >= 0.3 is 6.18 Å². The number of hydrogen-bond donors (Lipinski definition) is 1. The molecule has 0 spiro atoms. The summed E-state index contributed by atoms with van der Waals surface area (Å²) in [6, 6.07) is 9.66.